The van der Waals surface area contributed by atoms with Crippen LogP contribution in [0.25, 0.3) is 0 Å². The SMILES string of the molecule is CC(C)(C)OC(=O)CCC(=O)c1cnccn1. The second kappa shape index (κ2) is 5.52. The second-order valence-corrected chi connectivity index (χ2v) is 4.60. The molecule has 0 aromatic carbocycles. The summed E-state index contributed by atoms with van der Waals surface area (Å²) in [6.07, 6.45) is 4.48. The standard InChI is InChI=1S/C12H16N2O3/c1-12(2,3)17-11(16)5-4-10(15)9-8-13-6-7-14-9/h6-8H,4-5H2,1-3H3. The van der Waals surface area contributed by atoms with E-state index in [0.717, 1.165) is 0 Å². The summed E-state index contributed by atoms with van der Waals surface area (Å²) in [6, 6.07) is 0. The third kappa shape index (κ3) is 5.19. The van der Waals surface area contributed by atoms with E-state index >= 15 is 0 Å². The van der Waals surface area contributed by atoms with Gasteiger partial charge in [0.25, 0.3) is 0 Å². The summed E-state index contributed by atoms with van der Waals surface area (Å²) in [4.78, 5) is 30.6. The van der Waals surface area contributed by atoms with Crippen molar-refractivity contribution in [2.24, 2.45) is 0 Å². The van der Waals surface area contributed by atoms with E-state index in [2.05, 4.69) is 9.97 Å². The number of rotatable bonds is 4. The lowest BCUT2D eigenvalue weighted by atomic mass is 10.1. The molecule has 0 amide bonds. The van der Waals surface area contributed by atoms with Crippen molar-refractivity contribution in [2.45, 2.75) is 39.2 Å². The summed E-state index contributed by atoms with van der Waals surface area (Å²) in [5, 5.41) is 0. The highest BCUT2D eigenvalue weighted by Crippen LogP contribution is 2.10. The Kier molecular flexibility index (Phi) is 4.31. The average Bonchev–Trinajstić information content (AvgIpc) is 2.25. The van der Waals surface area contributed by atoms with E-state index in [-0.39, 0.29) is 30.3 Å². The second-order valence-electron chi connectivity index (χ2n) is 4.60. The molecule has 0 unspecified atom stereocenters. The van der Waals surface area contributed by atoms with Crippen molar-refractivity contribution in [1.29, 1.82) is 0 Å². The summed E-state index contributed by atoms with van der Waals surface area (Å²) in [7, 11) is 0. The molecule has 0 spiro atoms. The molecule has 0 radical (unpaired) electrons. The highest BCUT2D eigenvalue weighted by molar-refractivity contribution is 5.95. The van der Waals surface area contributed by atoms with Crippen LogP contribution in [0, 0.1) is 0 Å². The zero-order valence-corrected chi connectivity index (χ0v) is 10.3. The Balaban J connectivity index is 2.42. The van der Waals surface area contributed by atoms with E-state index < -0.39 is 5.60 Å². The van der Waals surface area contributed by atoms with E-state index in [1.54, 1.807) is 20.8 Å². The molecule has 0 N–H and O–H groups in total. The van der Waals surface area contributed by atoms with Crippen LogP contribution < -0.4 is 0 Å². The Morgan fingerprint density at radius 1 is 1.24 bits per heavy atom. The molecule has 0 fully saturated rings. The van der Waals surface area contributed by atoms with Gasteiger partial charge in [0.2, 0.25) is 0 Å². The van der Waals surface area contributed by atoms with Gasteiger partial charge in [-0.25, -0.2) is 4.98 Å². The summed E-state index contributed by atoms with van der Waals surface area (Å²) < 4.78 is 5.10. The smallest absolute Gasteiger partial charge is 0.306 e. The Morgan fingerprint density at radius 2 is 1.94 bits per heavy atom. The molecule has 1 heterocycles. The molecule has 92 valence electrons. The summed E-state index contributed by atoms with van der Waals surface area (Å²) in [6.45, 7) is 5.36. The van der Waals surface area contributed by atoms with Gasteiger partial charge in [0.1, 0.15) is 11.3 Å². The van der Waals surface area contributed by atoms with E-state index in [1.165, 1.54) is 18.6 Å². The molecule has 0 saturated heterocycles. The first-order valence-electron chi connectivity index (χ1n) is 5.39. The largest absolute Gasteiger partial charge is 0.460 e. The zero-order chi connectivity index (χ0) is 12.9. The van der Waals surface area contributed by atoms with Crippen molar-refractivity contribution in [3.05, 3.63) is 24.3 Å². The average molecular weight is 236 g/mol. The van der Waals surface area contributed by atoms with Crippen LogP contribution in [0.4, 0.5) is 0 Å². The highest BCUT2D eigenvalue weighted by Gasteiger charge is 2.17. The zero-order valence-electron chi connectivity index (χ0n) is 10.3. The molecule has 0 bridgehead atoms. The number of ether oxygens (including phenoxy) is 1. The normalized spacial score (nSPS) is 11.0. The summed E-state index contributed by atoms with van der Waals surface area (Å²) in [5.74, 6) is -0.585. The van der Waals surface area contributed by atoms with Crippen LogP contribution >= 0.6 is 0 Å². The van der Waals surface area contributed by atoms with Gasteiger partial charge in [0.15, 0.2) is 5.78 Å². The van der Waals surface area contributed by atoms with Crippen molar-refractivity contribution in [3.63, 3.8) is 0 Å². The van der Waals surface area contributed by atoms with Crippen LogP contribution in [-0.4, -0.2) is 27.3 Å². The molecule has 1 rings (SSSR count). The van der Waals surface area contributed by atoms with Gasteiger partial charge in [-0.2, -0.15) is 0 Å². The number of hydrogen-bond donors (Lipinski definition) is 0. The quantitative estimate of drug-likeness (QED) is 0.588. The first-order chi connectivity index (χ1) is 7.88. The number of esters is 1. The molecule has 5 nitrogen and oxygen atoms in total. The van der Waals surface area contributed by atoms with Crippen LogP contribution in [0.1, 0.15) is 44.1 Å². The van der Waals surface area contributed by atoms with Crippen LogP contribution in [0.5, 0.6) is 0 Å². The van der Waals surface area contributed by atoms with Crippen molar-refractivity contribution in [1.82, 2.24) is 9.97 Å². The number of nitrogens with zero attached hydrogens (tertiary/aromatic N) is 2. The molecule has 0 saturated carbocycles. The molecule has 0 aliphatic rings. The maximum absolute atomic E-state index is 11.6. The number of ketones is 1. The third-order valence-corrected chi connectivity index (χ3v) is 1.83. The Morgan fingerprint density at radius 3 is 2.47 bits per heavy atom. The van der Waals surface area contributed by atoms with Crippen molar-refractivity contribution >= 4 is 11.8 Å². The third-order valence-electron chi connectivity index (χ3n) is 1.83. The minimum Gasteiger partial charge on any atom is -0.460 e. The fraction of sp³-hybridized carbons (Fsp3) is 0.500. The maximum atomic E-state index is 11.6. The number of hydrogen-bond acceptors (Lipinski definition) is 5. The first-order valence-corrected chi connectivity index (χ1v) is 5.39. The van der Waals surface area contributed by atoms with Gasteiger partial charge in [-0.15, -0.1) is 0 Å². The lowest BCUT2D eigenvalue weighted by Crippen LogP contribution is -2.24. The van der Waals surface area contributed by atoms with Gasteiger partial charge in [-0.3, -0.25) is 14.6 Å². The topological polar surface area (TPSA) is 69.2 Å². The number of carbonyl (C=O) groups excluding carboxylic acids is 2. The van der Waals surface area contributed by atoms with Gasteiger partial charge < -0.3 is 4.74 Å². The first kappa shape index (κ1) is 13.3. The number of Topliss-reactive ketones (excluding diaryl/α,β-unsaturated/α-hetero) is 1. The minimum atomic E-state index is -0.521. The molecule has 0 aliphatic heterocycles. The Labute approximate surface area is 100 Å². The molecule has 0 atom stereocenters. The predicted molar refractivity (Wildman–Crippen MR) is 61.4 cm³/mol. The van der Waals surface area contributed by atoms with Crippen LogP contribution in [0.2, 0.25) is 0 Å². The van der Waals surface area contributed by atoms with E-state index in [4.69, 9.17) is 4.74 Å². The van der Waals surface area contributed by atoms with Crippen LogP contribution in [0.3, 0.4) is 0 Å². The monoisotopic (exact) mass is 236 g/mol. The highest BCUT2D eigenvalue weighted by atomic mass is 16.6. The predicted octanol–water partition coefficient (Wildman–Crippen LogP) is 1.78. The molecule has 5 heteroatoms. The fourth-order valence-corrected chi connectivity index (χ4v) is 1.18. The van der Waals surface area contributed by atoms with Gasteiger partial charge in [0, 0.05) is 18.8 Å². The van der Waals surface area contributed by atoms with E-state index in [0.29, 0.717) is 0 Å². The molecule has 1 aromatic rings. The van der Waals surface area contributed by atoms with Gasteiger partial charge in [0.05, 0.1) is 12.6 Å². The summed E-state index contributed by atoms with van der Waals surface area (Å²) in [5.41, 5.74) is -0.247. The molecule has 0 aliphatic carbocycles. The van der Waals surface area contributed by atoms with Crippen LogP contribution in [-0.2, 0) is 9.53 Å². The molecule has 17 heavy (non-hydrogen) atoms. The lowest BCUT2D eigenvalue weighted by Gasteiger charge is -2.19. The molecular weight excluding hydrogens is 220 g/mol. The van der Waals surface area contributed by atoms with Gasteiger partial charge in [-0.1, -0.05) is 0 Å². The number of carbonyl (C=O) groups is 2. The molecule has 1 aromatic heterocycles. The Bertz CT molecular complexity index is 396. The van der Waals surface area contributed by atoms with E-state index in [9.17, 15) is 9.59 Å². The van der Waals surface area contributed by atoms with Crippen LogP contribution in [0.15, 0.2) is 18.6 Å². The Hall–Kier alpha value is -1.78. The minimum absolute atomic E-state index is 0.0622. The summed E-state index contributed by atoms with van der Waals surface area (Å²) >= 11 is 0. The van der Waals surface area contributed by atoms with Crippen molar-refractivity contribution in [3.8, 4) is 0 Å². The molecular formula is C12H16N2O3. The van der Waals surface area contributed by atoms with Crippen molar-refractivity contribution in [2.75, 3.05) is 0 Å². The fourth-order valence-electron chi connectivity index (χ4n) is 1.18. The number of aromatic nitrogens is 2. The lowest BCUT2D eigenvalue weighted by molar-refractivity contribution is -0.154. The maximum Gasteiger partial charge on any atom is 0.306 e. The van der Waals surface area contributed by atoms with Gasteiger partial charge in [-0.05, 0) is 20.8 Å². The van der Waals surface area contributed by atoms with Crippen molar-refractivity contribution < 1.29 is 14.3 Å². The van der Waals surface area contributed by atoms with E-state index in [1.807, 2.05) is 0 Å². The van der Waals surface area contributed by atoms with Gasteiger partial charge >= 0.3 is 5.97 Å².